The molecular weight excluding hydrogens is 608 g/mol. The molecule has 5 unspecified atom stereocenters. The molecule has 11 nitrogen and oxygen atoms in total. The number of thioether (sulfide) groups is 1. The zero-order chi connectivity index (χ0) is 25.6. The Morgan fingerprint density at radius 3 is 2.23 bits per heavy atom. The number of hydrogen-bond donors (Lipinski definition) is 0. The predicted octanol–water partition coefficient (Wildman–Crippen LogP) is -0.0778. The average molecular weight is 640 g/mol. The molecule has 3 rings (SSSR count). The third kappa shape index (κ3) is 8.66. The fraction of sp³-hybridized carbons (Fsp3) is 0.895. The highest BCUT2D eigenvalue weighted by molar-refractivity contribution is 14.1. The first-order valence-electron chi connectivity index (χ1n) is 11.5. The van der Waals surface area contributed by atoms with E-state index in [0.29, 0.717) is 52.4 Å². The van der Waals surface area contributed by atoms with Crippen molar-refractivity contribution in [3.8, 4) is 0 Å². The van der Waals surface area contributed by atoms with Crippen LogP contribution in [0.5, 0.6) is 0 Å². The maximum Gasteiger partial charge on any atom is 0.346 e. The van der Waals surface area contributed by atoms with Crippen molar-refractivity contribution in [1.29, 1.82) is 0 Å². The lowest BCUT2D eigenvalue weighted by molar-refractivity contribution is -0.129. The Hall–Kier alpha value is 0.300. The van der Waals surface area contributed by atoms with E-state index in [0.717, 1.165) is 11.8 Å². The maximum atomic E-state index is 14.5. The zero-order valence-electron chi connectivity index (χ0n) is 20.1. The Balaban J connectivity index is 1.70. The van der Waals surface area contributed by atoms with Gasteiger partial charge in [-0.1, -0.05) is 11.8 Å². The molecule has 3 heterocycles. The van der Waals surface area contributed by atoms with Gasteiger partial charge in [0.2, 0.25) is 5.91 Å². The molecule has 0 aromatic carbocycles. The first-order valence-corrected chi connectivity index (χ1v) is 15.0. The Bertz CT molecular complexity index is 775. The van der Waals surface area contributed by atoms with Crippen LogP contribution in [0, 0.1) is 0 Å². The minimum Gasteiger partial charge on any atom is -0.382 e. The molecule has 0 bridgehead atoms. The second kappa shape index (κ2) is 13.9. The summed E-state index contributed by atoms with van der Waals surface area (Å²) in [6.45, 7) is 5.09. The molecule has 3 aliphatic rings. The molecule has 16 heteroatoms. The minimum atomic E-state index is -3.55. The molecule has 0 aromatic heterocycles. The number of rotatable bonds is 9. The third-order valence-electron chi connectivity index (χ3n) is 5.82. The van der Waals surface area contributed by atoms with Crippen LogP contribution in [-0.4, -0.2) is 147 Å². The van der Waals surface area contributed by atoms with E-state index in [1.165, 1.54) is 6.92 Å². The summed E-state index contributed by atoms with van der Waals surface area (Å²) < 4.78 is 43.1. The molecule has 5 atom stereocenters. The normalized spacial score (nSPS) is 31.2. The van der Waals surface area contributed by atoms with Gasteiger partial charge in [0.25, 0.3) is 0 Å². The van der Waals surface area contributed by atoms with Crippen molar-refractivity contribution in [3.63, 3.8) is 0 Å². The van der Waals surface area contributed by atoms with Gasteiger partial charge in [0, 0.05) is 101 Å². The molecule has 35 heavy (non-hydrogen) atoms. The molecule has 3 aliphatic heterocycles. The van der Waals surface area contributed by atoms with Crippen LogP contribution < -0.4 is 0 Å². The molecule has 0 saturated carbocycles. The summed E-state index contributed by atoms with van der Waals surface area (Å²) in [5.41, 5.74) is 0. The summed E-state index contributed by atoms with van der Waals surface area (Å²) in [7, 11) is 10.1. The molecule has 3 fully saturated rings. The molecular formula is C19H32B2IN4O7PS. The highest BCUT2D eigenvalue weighted by Gasteiger charge is 2.45. The number of carbonyl (C=O) groups excluding carboxylic acids is 2. The Labute approximate surface area is 228 Å². The lowest BCUT2D eigenvalue weighted by Gasteiger charge is -2.46. The number of morpholine rings is 2. The predicted molar refractivity (Wildman–Crippen MR) is 143 cm³/mol. The SMILES string of the molecule is [B]C1CN(I)CC(COP(=O)(N2CCN(C(=O)CSC(C)=O)CC2)N2CC([B])OC(COC)C2)O1. The summed E-state index contributed by atoms with van der Waals surface area (Å²) >= 11 is 3.18. The zero-order valence-corrected chi connectivity index (χ0v) is 24.0. The van der Waals surface area contributed by atoms with E-state index in [4.69, 9.17) is 34.4 Å². The molecule has 1 amide bonds. The van der Waals surface area contributed by atoms with E-state index in [1.54, 1.807) is 21.4 Å². The van der Waals surface area contributed by atoms with Crippen molar-refractivity contribution in [1.82, 2.24) is 17.4 Å². The smallest absolute Gasteiger partial charge is 0.346 e. The van der Waals surface area contributed by atoms with Gasteiger partial charge in [-0.3, -0.25) is 14.2 Å². The van der Waals surface area contributed by atoms with E-state index in [-0.39, 0.29) is 42.1 Å². The topological polar surface area (TPSA) is 101 Å². The number of carbonyl (C=O) groups is 2. The van der Waals surface area contributed by atoms with Crippen LogP contribution in [0.15, 0.2) is 0 Å². The van der Waals surface area contributed by atoms with E-state index >= 15 is 0 Å². The summed E-state index contributed by atoms with van der Waals surface area (Å²) in [6.07, 6.45) is -0.684. The van der Waals surface area contributed by atoms with Crippen molar-refractivity contribution in [2.24, 2.45) is 0 Å². The maximum absolute atomic E-state index is 14.5. The quantitative estimate of drug-likeness (QED) is 0.147. The number of methoxy groups -OCH3 is 1. The second-order valence-electron chi connectivity index (χ2n) is 8.65. The van der Waals surface area contributed by atoms with Gasteiger partial charge in [-0.05, 0) is 0 Å². The standard InChI is InChI=1S/C19H32B2IN4O7PS/c1-14(27)35-13-19(28)23-3-5-25(6-4-23)34(29,26-8-16(11-30-2)33-18(21)10-26)31-12-15-7-24(22)9-17(20)32-15/h15-18H,3-13H2,1-2H3. The fourth-order valence-corrected chi connectivity index (χ4v) is 8.05. The minimum absolute atomic E-state index is 0.0976. The van der Waals surface area contributed by atoms with Gasteiger partial charge in [0.05, 0.1) is 31.2 Å². The van der Waals surface area contributed by atoms with Crippen LogP contribution in [0.2, 0.25) is 0 Å². The molecule has 0 N–H and O–H groups in total. The Morgan fingerprint density at radius 1 is 1.00 bits per heavy atom. The van der Waals surface area contributed by atoms with Gasteiger partial charge in [0.15, 0.2) is 5.12 Å². The number of ether oxygens (including phenoxy) is 3. The second-order valence-corrected chi connectivity index (χ2v) is 13.5. The number of hydrogen-bond acceptors (Lipinski definition) is 9. The first kappa shape index (κ1) is 29.8. The molecule has 0 aromatic rings. The molecule has 0 spiro atoms. The van der Waals surface area contributed by atoms with Gasteiger partial charge in [-0.25, -0.2) is 12.5 Å². The summed E-state index contributed by atoms with van der Waals surface area (Å²) in [5, 5.41) is -0.0983. The van der Waals surface area contributed by atoms with Crippen LogP contribution in [-0.2, 0) is 32.9 Å². The summed E-state index contributed by atoms with van der Waals surface area (Å²) in [5.74, 6) is -0.00654. The molecule has 3 saturated heterocycles. The summed E-state index contributed by atoms with van der Waals surface area (Å²) in [6, 6.07) is -1.09. The van der Waals surface area contributed by atoms with Crippen molar-refractivity contribution < 1.29 is 32.9 Å². The van der Waals surface area contributed by atoms with E-state index in [9.17, 15) is 14.2 Å². The van der Waals surface area contributed by atoms with Crippen molar-refractivity contribution in [2.75, 3.05) is 78.4 Å². The summed E-state index contributed by atoms with van der Waals surface area (Å²) in [4.78, 5) is 25.3. The number of amides is 1. The molecule has 4 radical (unpaired) electrons. The van der Waals surface area contributed by atoms with Crippen molar-refractivity contribution in [2.45, 2.75) is 31.1 Å². The third-order valence-corrected chi connectivity index (χ3v) is 10.1. The highest BCUT2D eigenvalue weighted by Crippen LogP contribution is 2.55. The van der Waals surface area contributed by atoms with Crippen molar-refractivity contribution in [3.05, 3.63) is 0 Å². The monoisotopic (exact) mass is 640 g/mol. The molecule has 0 aliphatic carbocycles. The lowest BCUT2D eigenvalue weighted by atomic mass is 9.98. The fourth-order valence-electron chi connectivity index (χ4n) is 4.23. The highest BCUT2D eigenvalue weighted by atomic mass is 127. The van der Waals surface area contributed by atoms with Crippen LogP contribution in [0.3, 0.4) is 0 Å². The van der Waals surface area contributed by atoms with E-state index in [2.05, 4.69) is 22.9 Å². The van der Waals surface area contributed by atoms with E-state index in [1.807, 2.05) is 3.11 Å². The lowest BCUT2D eigenvalue weighted by Crippen LogP contribution is -2.54. The largest absolute Gasteiger partial charge is 0.382 e. The van der Waals surface area contributed by atoms with Crippen LogP contribution in [0.25, 0.3) is 0 Å². The first-order chi connectivity index (χ1) is 16.6. The van der Waals surface area contributed by atoms with Gasteiger partial charge < -0.3 is 23.6 Å². The van der Waals surface area contributed by atoms with Crippen LogP contribution >= 0.6 is 42.3 Å². The van der Waals surface area contributed by atoms with Crippen LogP contribution in [0.4, 0.5) is 0 Å². The number of nitrogens with zero attached hydrogens (tertiary/aromatic N) is 4. The van der Waals surface area contributed by atoms with Crippen molar-refractivity contribution >= 4 is 69.0 Å². The van der Waals surface area contributed by atoms with Crippen LogP contribution in [0.1, 0.15) is 6.92 Å². The molecule has 194 valence electrons. The van der Waals surface area contributed by atoms with Gasteiger partial charge in [-0.2, -0.15) is 0 Å². The van der Waals surface area contributed by atoms with Gasteiger partial charge in [-0.15, -0.1) is 0 Å². The van der Waals surface area contributed by atoms with Gasteiger partial charge >= 0.3 is 7.67 Å². The average Bonchev–Trinajstić information content (AvgIpc) is 2.80. The number of halogens is 1. The Kier molecular flexibility index (Phi) is 11.9. The number of piperazine rings is 1. The van der Waals surface area contributed by atoms with E-state index < -0.39 is 19.7 Å². The Morgan fingerprint density at radius 2 is 1.63 bits per heavy atom. The van der Waals surface area contributed by atoms with Gasteiger partial charge in [0.1, 0.15) is 15.7 Å².